The van der Waals surface area contributed by atoms with Gasteiger partial charge in [-0.25, -0.2) is 0 Å². The number of anilines is 2. The number of rotatable bonds is 2. The van der Waals surface area contributed by atoms with Gasteiger partial charge in [-0.15, -0.1) is 0 Å². The fourth-order valence-electron chi connectivity index (χ4n) is 1.72. The van der Waals surface area contributed by atoms with Gasteiger partial charge in [-0.05, 0) is 18.2 Å². The molecular formula is C13H18N2O2. The van der Waals surface area contributed by atoms with E-state index >= 15 is 0 Å². The van der Waals surface area contributed by atoms with Gasteiger partial charge in [0.1, 0.15) is 12.4 Å². The van der Waals surface area contributed by atoms with Crippen LogP contribution in [0.1, 0.15) is 13.8 Å². The minimum absolute atomic E-state index is 0.0139. The molecule has 0 saturated carbocycles. The number of carbonyl (C=O) groups excluding carboxylic acids is 1. The number of amides is 1. The third-order valence-corrected chi connectivity index (χ3v) is 2.85. The van der Waals surface area contributed by atoms with Crippen LogP contribution in [-0.2, 0) is 4.79 Å². The molecule has 1 N–H and O–H groups in total. The molecule has 0 bridgehead atoms. The lowest BCUT2D eigenvalue weighted by molar-refractivity contribution is -0.118. The smallest absolute Gasteiger partial charge is 0.226 e. The summed E-state index contributed by atoms with van der Waals surface area (Å²) in [5.41, 5.74) is 1.85. The van der Waals surface area contributed by atoms with Crippen LogP contribution in [0.3, 0.4) is 0 Å². The summed E-state index contributed by atoms with van der Waals surface area (Å²) < 4.78 is 5.55. The number of carbonyl (C=O) groups is 1. The molecule has 0 unspecified atom stereocenters. The molecule has 0 spiro atoms. The molecule has 0 fully saturated rings. The SMILES string of the molecule is CC(C)C(=O)Nc1ccc2c(c1)N(C)CCO2. The molecule has 4 heteroatoms. The highest BCUT2D eigenvalue weighted by molar-refractivity contribution is 5.92. The summed E-state index contributed by atoms with van der Waals surface area (Å²) in [6, 6.07) is 5.73. The maximum absolute atomic E-state index is 11.6. The lowest BCUT2D eigenvalue weighted by atomic mass is 10.2. The minimum Gasteiger partial charge on any atom is -0.490 e. The number of hydrogen-bond acceptors (Lipinski definition) is 3. The Hall–Kier alpha value is -1.71. The summed E-state index contributed by atoms with van der Waals surface area (Å²) in [5, 5.41) is 2.89. The highest BCUT2D eigenvalue weighted by Crippen LogP contribution is 2.33. The zero-order valence-electron chi connectivity index (χ0n) is 10.5. The zero-order chi connectivity index (χ0) is 12.4. The normalized spacial score (nSPS) is 14.2. The van der Waals surface area contributed by atoms with E-state index in [4.69, 9.17) is 4.74 Å². The number of nitrogens with one attached hydrogen (secondary N) is 1. The molecule has 92 valence electrons. The zero-order valence-corrected chi connectivity index (χ0v) is 10.5. The van der Waals surface area contributed by atoms with Crippen LogP contribution in [0.5, 0.6) is 5.75 Å². The molecule has 0 aromatic heterocycles. The monoisotopic (exact) mass is 234 g/mol. The molecule has 1 aliphatic heterocycles. The first-order valence-corrected chi connectivity index (χ1v) is 5.87. The number of nitrogens with zero attached hydrogens (tertiary/aromatic N) is 1. The van der Waals surface area contributed by atoms with Crippen LogP contribution < -0.4 is 15.0 Å². The largest absolute Gasteiger partial charge is 0.490 e. The average Bonchev–Trinajstić information content (AvgIpc) is 2.30. The Morgan fingerprint density at radius 3 is 2.94 bits per heavy atom. The quantitative estimate of drug-likeness (QED) is 0.852. The fourth-order valence-corrected chi connectivity index (χ4v) is 1.72. The van der Waals surface area contributed by atoms with Crippen molar-refractivity contribution in [1.29, 1.82) is 0 Å². The molecule has 0 saturated heterocycles. The van der Waals surface area contributed by atoms with E-state index in [9.17, 15) is 4.79 Å². The van der Waals surface area contributed by atoms with Crippen molar-refractivity contribution in [2.45, 2.75) is 13.8 Å². The van der Waals surface area contributed by atoms with E-state index in [-0.39, 0.29) is 11.8 Å². The van der Waals surface area contributed by atoms with Crippen molar-refractivity contribution < 1.29 is 9.53 Å². The molecule has 0 radical (unpaired) electrons. The van der Waals surface area contributed by atoms with Crippen molar-refractivity contribution >= 4 is 17.3 Å². The first-order chi connectivity index (χ1) is 8.08. The van der Waals surface area contributed by atoms with Gasteiger partial charge in [0, 0.05) is 18.7 Å². The second-order valence-electron chi connectivity index (χ2n) is 4.60. The third kappa shape index (κ3) is 2.52. The van der Waals surface area contributed by atoms with Gasteiger partial charge >= 0.3 is 0 Å². The first-order valence-electron chi connectivity index (χ1n) is 5.87. The Balaban J connectivity index is 2.21. The Kier molecular flexibility index (Phi) is 3.22. The summed E-state index contributed by atoms with van der Waals surface area (Å²) in [6.07, 6.45) is 0. The Morgan fingerprint density at radius 1 is 1.47 bits per heavy atom. The molecule has 4 nitrogen and oxygen atoms in total. The average molecular weight is 234 g/mol. The fraction of sp³-hybridized carbons (Fsp3) is 0.462. The van der Waals surface area contributed by atoms with Crippen molar-refractivity contribution in [3.8, 4) is 5.75 Å². The molecule has 1 aliphatic rings. The molecule has 17 heavy (non-hydrogen) atoms. The maximum atomic E-state index is 11.6. The van der Waals surface area contributed by atoms with Gasteiger partial charge in [0.25, 0.3) is 0 Å². The Morgan fingerprint density at radius 2 is 2.24 bits per heavy atom. The second kappa shape index (κ2) is 4.65. The molecule has 1 amide bonds. The van der Waals surface area contributed by atoms with E-state index in [0.717, 1.165) is 23.7 Å². The van der Waals surface area contributed by atoms with E-state index in [1.165, 1.54) is 0 Å². The van der Waals surface area contributed by atoms with Crippen LogP contribution in [0.15, 0.2) is 18.2 Å². The summed E-state index contributed by atoms with van der Waals surface area (Å²) in [5.74, 6) is 0.894. The number of benzene rings is 1. The van der Waals surface area contributed by atoms with Gasteiger partial charge in [0.15, 0.2) is 0 Å². The summed E-state index contributed by atoms with van der Waals surface area (Å²) >= 11 is 0. The van der Waals surface area contributed by atoms with Crippen LogP contribution in [-0.4, -0.2) is 26.1 Å². The molecular weight excluding hydrogens is 216 g/mol. The van der Waals surface area contributed by atoms with Crippen molar-refractivity contribution in [2.75, 3.05) is 30.4 Å². The Bertz CT molecular complexity index is 429. The molecule has 0 aliphatic carbocycles. The standard InChI is InChI=1S/C13H18N2O2/c1-9(2)13(16)14-10-4-5-12-11(8-10)15(3)6-7-17-12/h4-5,8-9H,6-7H2,1-3H3,(H,14,16). The van der Waals surface area contributed by atoms with Gasteiger partial charge < -0.3 is 15.0 Å². The Labute approximate surface area is 102 Å². The number of likely N-dealkylation sites (N-methyl/N-ethyl adjacent to an activating group) is 1. The number of ether oxygens (including phenoxy) is 1. The van der Waals surface area contributed by atoms with E-state index < -0.39 is 0 Å². The summed E-state index contributed by atoms with van der Waals surface area (Å²) in [6.45, 7) is 5.34. The van der Waals surface area contributed by atoms with Crippen LogP contribution in [0.4, 0.5) is 11.4 Å². The van der Waals surface area contributed by atoms with Gasteiger partial charge in [0.05, 0.1) is 12.2 Å². The van der Waals surface area contributed by atoms with Gasteiger partial charge in [-0.3, -0.25) is 4.79 Å². The van der Waals surface area contributed by atoms with Gasteiger partial charge in [0.2, 0.25) is 5.91 Å². The van der Waals surface area contributed by atoms with Gasteiger partial charge in [-0.1, -0.05) is 13.8 Å². The van der Waals surface area contributed by atoms with E-state index in [0.29, 0.717) is 6.61 Å². The topological polar surface area (TPSA) is 41.6 Å². The predicted molar refractivity (Wildman–Crippen MR) is 68.7 cm³/mol. The van der Waals surface area contributed by atoms with Crippen molar-refractivity contribution in [2.24, 2.45) is 5.92 Å². The summed E-state index contributed by atoms with van der Waals surface area (Å²) in [4.78, 5) is 13.7. The molecule has 1 aromatic carbocycles. The van der Waals surface area contributed by atoms with E-state index in [1.807, 2.05) is 39.1 Å². The van der Waals surface area contributed by atoms with Gasteiger partial charge in [-0.2, -0.15) is 0 Å². The minimum atomic E-state index is -0.0139. The molecule has 1 heterocycles. The van der Waals surface area contributed by atoms with E-state index in [2.05, 4.69) is 10.2 Å². The second-order valence-corrected chi connectivity index (χ2v) is 4.60. The molecule has 2 rings (SSSR count). The lowest BCUT2D eigenvalue weighted by Crippen LogP contribution is -2.29. The lowest BCUT2D eigenvalue weighted by Gasteiger charge is -2.28. The maximum Gasteiger partial charge on any atom is 0.226 e. The van der Waals surface area contributed by atoms with Crippen molar-refractivity contribution in [1.82, 2.24) is 0 Å². The predicted octanol–water partition coefficient (Wildman–Crippen LogP) is 2.11. The van der Waals surface area contributed by atoms with Crippen LogP contribution in [0, 0.1) is 5.92 Å². The number of hydrogen-bond donors (Lipinski definition) is 1. The number of fused-ring (bicyclic) bond motifs is 1. The molecule has 0 atom stereocenters. The van der Waals surface area contributed by atoms with Crippen LogP contribution >= 0.6 is 0 Å². The highest BCUT2D eigenvalue weighted by atomic mass is 16.5. The third-order valence-electron chi connectivity index (χ3n) is 2.85. The first kappa shape index (κ1) is 11.8. The summed E-state index contributed by atoms with van der Waals surface area (Å²) in [7, 11) is 2.02. The highest BCUT2D eigenvalue weighted by Gasteiger charge is 2.16. The van der Waals surface area contributed by atoms with Crippen molar-refractivity contribution in [3.05, 3.63) is 18.2 Å². The van der Waals surface area contributed by atoms with E-state index in [1.54, 1.807) is 0 Å². The van der Waals surface area contributed by atoms with Crippen LogP contribution in [0.25, 0.3) is 0 Å². The molecule has 1 aromatic rings. The van der Waals surface area contributed by atoms with Crippen molar-refractivity contribution in [3.63, 3.8) is 0 Å². The van der Waals surface area contributed by atoms with Crippen LogP contribution in [0.2, 0.25) is 0 Å².